The van der Waals surface area contributed by atoms with E-state index in [2.05, 4.69) is 44.9 Å². The summed E-state index contributed by atoms with van der Waals surface area (Å²) < 4.78 is 5.65. The van der Waals surface area contributed by atoms with Crippen molar-refractivity contribution in [3.8, 4) is 0 Å². The number of para-hydroxylation sites is 1. The van der Waals surface area contributed by atoms with Crippen molar-refractivity contribution in [2.75, 3.05) is 33.4 Å². The van der Waals surface area contributed by atoms with Gasteiger partial charge in [0.05, 0.1) is 5.52 Å². The third-order valence-electron chi connectivity index (χ3n) is 4.44. The van der Waals surface area contributed by atoms with Crippen LogP contribution in [0.4, 0.5) is 0 Å². The molecule has 3 rings (SSSR count). The molecule has 5 heteroatoms. The standard InChI is InChI=1S/C20H28N4O/c1-21-20(23-12-4-14-25-15-16-8-9-16)24-13-10-18-6-2-5-17-7-3-11-22-19(17)18/h2-3,5-7,11,16H,4,8-10,12-15H2,1H3,(H2,21,23,24). The molecule has 5 nitrogen and oxygen atoms in total. The fraction of sp³-hybridized carbons (Fsp3) is 0.500. The number of aromatic nitrogens is 1. The van der Waals surface area contributed by atoms with Crippen LogP contribution in [0, 0.1) is 5.92 Å². The summed E-state index contributed by atoms with van der Waals surface area (Å²) in [6.07, 6.45) is 6.47. The molecule has 134 valence electrons. The Morgan fingerprint density at radius 2 is 2.04 bits per heavy atom. The van der Waals surface area contributed by atoms with Crippen molar-refractivity contribution in [3.63, 3.8) is 0 Å². The molecule has 25 heavy (non-hydrogen) atoms. The highest BCUT2D eigenvalue weighted by Crippen LogP contribution is 2.28. The average Bonchev–Trinajstić information content (AvgIpc) is 3.47. The van der Waals surface area contributed by atoms with Crippen LogP contribution in [0.5, 0.6) is 0 Å². The first-order chi connectivity index (χ1) is 12.4. The zero-order chi connectivity index (χ0) is 17.3. The summed E-state index contributed by atoms with van der Waals surface area (Å²) in [5.74, 6) is 1.68. The number of pyridine rings is 1. The van der Waals surface area contributed by atoms with Gasteiger partial charge < -0.3 is 15.4 Å². The Kier molecular flexibility index (Phi) is 6.63. The van der Waals surface area contributed by atoms with E-state index in [1.807, 2.05) is 12.3 Å². The lowest BCUT2D eigenvalue weighted by Gasteiger charge is -2.12. The molecule has 0 bridgehead atoms. The van der Waals surface area contributed by atoms with Gasteiger partial charge in [-0.2, -0.15) is 0 Å². The topological polar surface area (TPSA) is 58.5 Å². The number of ether oxygens (including phenoxy) is 1. The summed E-state index contributed by atoms with van der Waals surface area (Å²) in [6.45, 7) is 3.46. The molecule has 0 aliphatic heterocycles. The Bertz CT molecular complexity index is 692. The van der Waals surface area contributed by atoms with Gasteiger partial charge in [-0.25, -0.2) is 0 Å². The van der Waals surface area contributed by atoms with Crippen molar-refractivity contribution >= 4 is 16.9 Å². The molecular formula is C20H28N4O. The van der Waals surface area contributed by atoms with Crippen LogP contribution in [-0.4, -0.2) is 44.3 Å². The number of guanidine groups is 1. The first-order valence-corrected chi connectivity index (χ1v) is 9.21. The van der Waals surface area contributed by atoms with Gasteiger partial charge in [-0.15, -0.1) is 0 Å². The van der Waals surface area contributed by atoms with Crippen molar-refractivity contribution in [3.05, 3.63) is 42.1 Å². The van der Waals surface area contributed by atoms with E-state index in [4.69, 9.17) is 4.74 Å². The highest BCUT2D eigenvalue weighted by atomic mass is 16.5. The summed E-state index contributed by atoms with van der Waals surface area (Å²) in [5.41, 5.74) is 2.34. The average molecular weight is 340 g/mol. The number of hydrogen-bond donors (Lipinski definition) is 2. The third kappa shape index (κ3) is 5.71. The van der Waals surface area contributed by atoms with Gasteiger partial charge in [0.25, 0.3) is 0 Å². The van der Waals surface area contributed by atoms with Gasteiger partial charge in [0.15, 0.2) is 5.96 Å². The van der Waals surface area contributed by atoms with Crippen LogP contribution in [0.2, 0.25) is 0 Å². The SMILES string of the molecule is CN=C(NCCCOCC1CC1)NCCc1cccc2cccnc12. The predicted octanol–water partition coefficient (Wildman–Crippen LogP) is 2.76. The molecule has 1 saturated carbocycles. The first-order valence-electron chi connectivity index (χ1n) is 9.21. The Morgan fingerprint density at radius 1 is 1.20 bits per heavy atom. The van der Waals surface area contributed by atoms with E-state index < -0.39 is 0 Å². The highest BCUT2D eigenvalue weighted by Gasteiger charge is 2.20. The maximum Gasteiger partial charge on any atom is 0.190 e. The van der Waals surface area contributed by atoms with E-state index in [1.165, 1.54) is 23.8 Å². The lowest BCUT2D eigenvalue weighted by molar-refractivity contribution is 0.123. The van der Waals surface area contributed by atoms with Crippen LogP contribution in [-0.2, 0) is 11.2 Å². The Balaban J connectivity index is 1.36. The number of rotatable bonds is 9. The minimum atomic E-state index is 0.822. The predicted molar refractivity (Wildman–Crippen MR) is 103 cm³/mol. The normalized spacial score (nSPS) is 14.7. The minimum Gasteiger partial charge on any atom is -0.381 e. The van der Waals surface area contributed by atoms with Crippen LogP contribution >= 0.6 is 0 Å². The largest absolute Gasteiger partial charge is 0.381 e. The second kappa shape index (κ2) is 9.37. The number of nitrogens with one attached hydrogen (secondary N) is 2. The Morgan fingerprint density at radius 3 is 2.88 bits per heavy atom. The van der Waals surface area contributed by atoms with Gasteiger partial charge in [-0.3, -0.25) is 9.98 Å². The van der Waals surface area contributed by atoms with E-state index in [1.54, 1.807) is 7.05 Å². The molecular weight excluding hydrogens is 312 g/mol. The van der Waals surface area contributed by atoms with Crippen LogP contribution in [0.3, 0.4) is 0 Å². The molecule has 1 aliphatic carbocycles. The number of aliphatic imine (C=N–C) groups is 1. The molecule has 0 spiro atoms. The van der Waals surface area contributed by atoms with Gasteiger partial charge in [0.1, 0.15) is 0 Å². The van der Waals surface area contributed by atoms with Gasteiger partial charge in [-0.05, 0) is 43.2 Å². The fourth-order valence-electron chi connectivity index (χ4n) is 2.82. The molecule has 1 aliphatic rings. The molecule has 0 radical (unpaired) electrons. The maximum atomic E-state index is 5.65. The van der Waals surface area contributed by atoms with Crippen molar-refractivity contribution < 1.29 is 4.74 Å². The summed E-state index contributed by atoms with van der Waals surface area (Å²) >= 11 is 0. The van der Waals surface area contributed by atoms with E-state index in [-0.39, 0.29) is 0 Å². The van der Waals surface area contributed by atoms with Crippen molar-refractivity contribution in [2.45, 2.75) is 25.7 Å². The summed E-state index contributed by atoms with van der Waals surface area (Å²) in [5, 5.41) is 7.90. The highest BCUT2D eigenvalue weighted by molar-refractivity contribution is 5.82. The molecule has 1 aromatic heterocycles. The smallest absolute Gasteiger partial charge is 0.190 e. The Labute approximate surface area is 149 Å². The molecule has 0 atom stereocenters. The number of fused-ring (bicyclic) bond motifs is 1. The molecule has 2 aromatic rings. The quantitative estimate of drug-likeness (QED) is 0.419. The van der Waals surface area contributed by atoms with Crippen LogP contribution in [0.1, 0.15) is 24.8 Å². The van der Waals surface area contributed by atoms with Gasteiger partial charge >= 0.3 is 0 Å². The van der Waals surface area contributed by atoms with Crippen molar-refractivity contribution in [2.24, 2.45) is 10.9 Å². The van der Waals surface area contributed by atoms with E-state index in [0.29, 0.717) is 0 Å². The van der Waals surface area contributed by atoms with Gasteiger partial charge in [-0.1, -0.05) is 24.3 Å². The molecule has 0 amide bonds. The molecule has 0 saturated heterocycles. The molecule has 1 aromatic carbocycles. The Hall–Kier alpha value is -2.14. The molecule has 1 fully saturated rings. The van der Waals surface area contributed by atoms with Crippen LogP contribution < -0.4 is 10.6 Å². The zero-order valence-electron chi connectivity index (χ0n) is 15.0. The molecule has 1 heterocycles. The van der Waals surface area contributed by atoms with Crippen LogP contribution in [0.25, 0.3) is 10.9 Å². The number of benzene rings is 1. The minimum absolute atomic E-state index is 0.822. The summed E-state index contributed by atoms with van der Waals surface area (Å²) in [4.78, 5) is 8.78. The maximum absolute atomic E-state index is 5.65. The molecule has 0 unspecified atom stereocenters. The summed E-state index contributed by atoms with van der Waals surface area (Å²) in [7, 11) is 1.80. The van der Waals surface area contributed by atoms with Crippen molar-refractivity contribution in [1.29, 1.82) is 0 Å². The van der Waals surface area contributed by atoms with E-state index in [9.17, 15) is 0 Å². The van der Waals surface area contributed by atoms with E-state index in [0.717, 1.165) is 56.5 Å². The van der Waals surface area contributed by atoms with E-state index >= 15 is 0 Å². The van der Waals surface area contributed by atoms with Crippen LogP contribution in [0.15, 0.2) is 41.5 Å². The second-order valence-corrected chi connectivity index (χ2v) is 6.54. The second-order valence-electron chi connectivity index (χ2n) is 6.54. The third-order valence-corrected chi connectivity index (χ3v) is 4.44. The zero-order valence-corrected chi connectivity index (χ0v) is 15.0. The monoisotopic (exact) mass is 340 g/mol. The van der Waals surface area contributed by atoms with Gasteiger partial charge in [0.2, 0.25) is 0 Å². The fourth-order valence-corrected chi connectivity index (χ4v) is 2.82. The number of nitrogens with zero attached hydrogens (tertiary/aromatic N) is 2. The first kappa shape index (κ1) is 17.7. The summed E-state index contributed by atoms with van der Waals surface area (Å²) in [6, 6.07) is 10.4. The lowest BCUT2D eigenvalue weighted by atomic mass is 10.1. The molecule has 2 N–H and O–H groups in total. The van der Waals surface area contributed by atoms with Gasteiger partial charge in [0, 0.05) is 44.9 Å². The lowest BCUT2D eigenvalue weighted by Crippen LogP contribution is -2.39. The number of hydrogen-bond acceptors (Lipinski definition) is 3. The van der Waals surface area contributed by atoms with Crippen molar-refractivity contribution in [1.82, 2.24) is 15.6 Å².